The summed E-state index contributed by atoms with van der Waals surface area (Å²) in [6, 6.07) is 21.2. The molecule has 4 rings (SSSR count). The van der Waals surface area contributed by atoms with Crippen LogP contribution in [0.2, 0.25) is 0 Å². The van der Waals surface area contributed by atoms with Gasteiger partial charge in [0.05, 0.1) is 44.3 Å². The molecule has 4 aromatic rings. The molecule has 3 aromatic carbocycles. The Morgan fingerprint density at radius 2 is 1.79 bits per heavy atom. The van der Waals surface area contributed by atoms with E-state index in [0.29, 0.717) is 18.9 Å². The molecule has 0 aliphatic carbocycles. The first-order valence-electron chi connectivity index (χ1n) is 12.8. The summed E-state index contributed by atoms with van der Waals surface area (Å²) < 4.78 is 18.9. The number of hydrogen-bond donors (Lipinski definition) is 1. The van der Waals surface area contributed by atoms with Crippen LogP contribution >= 0.6 is 0 Å². The number of aromatic nitrogens is 2. The summed E-state index contributed by atoms with van der Waals surface area (Å²) in [6.45, 7) is 6.98. The number of amides is 1. The van der Waals surface area contributed by atoms with E-state index in [1.165, 1.54) is 0 Å². The second kappa shape index (κ2) is 12.8. The zero-order valence-corrected chi connectivity index (χ0v) is 22.3. The molecule has 0 spiro atoms. The molecule has 0 bridgehead atoms. The Hall–Kier alpha value is -4.26. The quantitative estimate of drug-likeness (QED) is 0.184. The average Bonchev–Trinajstić information content (AvgIpc) is 3.31. The van der Waals surface area contributed by atoms with E-state index in [9.17, 15) is 4.79 Å². The van der Waals surface area contributed by atoms with Gasteiger partial charge < -0.3 is 24.1 Å². The number of carbonyl (C=O) groups is 1. The molecule has 7 nitrogen and oxygen atoms in total. The normalized spacial score (nSPS) is 11.7. The highest BCUT2D eigenvalue weighted by atomic mass is 16.5. The Balaban J connectivity index is 1.41. The zero-order valence-electron chi connectivity index (χ0n) is 22.3. The Kier molecular flexibility index (Phi) is 9.03. The van der Waals surface area contributed by atoms with Crippen molar-refractivity contribution in [2.75, 3.05) is 20.8 Å². The molecule has 0 aliphatic heterocycles. The molecule has 1 aromatic heterocycles. The average molecular weight is 514 g/mol. The number of ether oxygens (including phenoxy) is 3. The van der Waals surface area contributed by atoms with Gasteiger partial charge in [-0.1, -0.05) is 36.4 Å². The van der Waals surface area contributed by atoms with Gasteiger partial charge in [-0.05, 0) is 67.3 Å². The van der Waals surface area contributed by atoms with Crippen molar-refractivity contribution in [1.29, 1.82) is 0 Å². The maximum absolute atomic E-state index is 12.8. The van der Waals surface area contributed by atoms with Crippen molar-refractivity contribution in [2.45, 2.75) is 38.8 Å². The molecular weight excluding hydrogens is 478 g/mol. The van der Waals surface area contributed by atoms with Crippen LogP contribution in [0.25, 0.3) is 11.0 Å². The third-order valence-electron chi connectivity index (χ3n) is 6.36. The third kappa shape index (κ3) is 6.54. The summed E-state index contributed by atoms with van der Waals surface area (Å²) in [5, 5.41) is 3.11. The van der Waals surface area contributed by atoms with Gasteiger partial charge in [0.25, 0.3) is 0 Å². The van der Waals surface area contributed by atoms with E-state index in [1.54, 1.807) is 14.2 Å². The van der Waals surface area contributed by atoms with Gasteiger partial charge in [-0.3, -0.25) is 4.79 Å². The molecule has 0 aliphatic rings. The predicted molar refractivity (Wildman–Crippen MR) is 150 cm³/mol. The van der Waals surface area contributed by atoms with Crippen LogP contribution < -0.4 is 19.5 Å². The van der Waals surface area contributed by atoms with Gasteiger partial charge in [-0.15, -0.1) is 6.58 Å². The van der Waals surface area contributed by atoms with Crippen molar-refractivity contribution >= 4 is 16.9 Å². The van der Waals surface area contributed by atoms with Crippen LogP contribution in [-0.2, 0) is 24.2 Å². The Bertz CT molecular complexity index is 1380. The lowest BCUT2D eigenvalue weighted by Crippen LogP contribution is -2.30. The van der Waals surface area contributed by atoms with Gasteiger partial charge >= 0.3 is 0 Å². The Labute approximate surface area is 224 Å². The summed E-state index contributed by atoms with van der Waals surface area (Å²) in [5.74, 6) is 2.96. The first kappa shape index (κ1) is 26.8. The van der Waals surface area contributed by atoms with Crippen molar-refractivity contribution in [3.05, 3.63) is 96.3 Å². The van der Waals surface area contributed by atoms with Crippen LogP contribution in [-0.4, -0.2) is 36.3 Å². The molecule has 198 valence electrons. The molecule has 1 N–H and O–H groups in total. The fourth-order valence-corrected chi connectivity index (χ4v) is 4.48. The van der Waals surface area contributed by atoms with Crippen LogP contribution in [0.1, 0.15) is 36.3 Å². The molecule has 38 heavy (non-hydrogen) atoms. The highest BCUT2D eigenvalue weighted by Crippen LogP contribution is 2.29. The van der Waals surface area contributed by atoms with Gasteiger partial charge in [0.2, 0.25) is 5.91 Å². The van der Waals surface area contributed by atoms with Crippen LogP contribution in [0.3, 0.4) is 0 Å². The number of hydrogen-bond acceptors (Lipinski definition) is 5. The molecular formula is C31H35N3O4. The molecule has 0 fully saturated rings. The largest absolute Gasteiger partial charge is 0.497 e. The fourth-order valence-electron chi connectivity index (χ4n) is 4.48. The number of para-hydroxylation sites is 2. The summed E-state index contributed by atoms with van der Waals surface area (Å²) in [4.78, 5) is 17.7. The summed E-state index contributed by atoms with van der Waals surface area (Å²) in [5.41, 5.74) is 3.99. The number of benzene rings is 3. The first-order chi connectivity index (χ1) is 18.5. The van der Waals surface area contributed by atoms with Gasteiger partial charge in [0, 0.05) is 6.54 Å². The number of allylic oxidation sites excluding steroid dienone is 1. The predicted octanol–water partition coefficient (Wildman–Crippen LogP) is 5.67. The standard InChI is InChI=1S/C31H35N3O4/c1-5-9-23-14-17-28(29(20-23)37-4)38-19-8-18-34-27-11-7-6-10-26(27)33-31(34)22(2)32-30(35)21-24-12-15-25(36-3)16-13-24/h5-7,10-17,20,22H,1,8-9,18-19,21H2,2-4H3,(H,32,35). The third-order valence-corrected chi connectivity index (χ3v) is 6.36. The second-order valence-electron chi connectivity index (χ2n) is 9.10. The summed E-state index contributed by atoms with van der Waals surface area (Å²) in [7, 11) is 3.27. The SMILES string of the molecule is C=CCc1ccc(OCCCn2c(C(C)NC(=O)Cc3ccc(OC)cc3)nc3ccccc32)c(OC)c1. The zero-order chi connectivity index (χ0) is 26.9. The van der Waals surface area contributed by atoms with Gasteiger partial charge in [0.15, 0.2) is 11.5 Å². The van der Waals surface area contributed by atoms with Crippen molar-refractivity contribution in [3.8, 4) is 17.2 Å². The number of fused-ring (bicyclic) bond motifs is 1. The molecule has 0 saturated heterocycles. The molecule has 0 saturated carbocycles. The highest BCUT2D eigenvalue weighted by molar-refractivity contribution is 5.79. The number of aryl methyl sites for hydroxylation is 1. The molecule has 1 heterocycles. The molecule has 1 atom stereocenters. The number of carbonyl (C=O) groups excluding carboxylic acids is 1. The number of methoxy groups -OCH3 is 2. The van der Waals surface area contributed by atoms with E-state index < -0.39 is 0 Å². The summed E-state index contributed by atoms with van der Waals surface area (Å²) in [6.07, 6.45) is 3.69. The topological polar surface area (TPSA) is 74.6 Å². The minimum absolute atomic E-state index is 0.0587. The second-order valence-corrected chi connectivity index (χ2v) is 9.10. The molecule has 1 unspecified atom stereocenters. The van der Waals surface area contributed by atoms with Crippen LogP contribution in [0, 0.1) is 0 Å². The molecule has 7 heteroatoms. The molecule has 1 amide bonds. The minimum atomic E-state index is -0.258. The summed E-state index contributed by atoms with van der Waals surface area (Å²) >= 11 is 0. The van der Waals surface area contributed by atoms with Gasteiger partial charge in [-0.25, -0.2) is 4.98 Å². The van der Waals surface area contributed by atoms with Crippen molar-refractivity contribution < 1.29 is 19.0 Å². The lowest BCUT2D eigenvalue weighted by atomic mass is 10.1. The number of nitrogens with zero attached hydrogens (tertiary/aromatic N) is 2. The lowest BCUT2D eigenvalue weighted by molar-refractivity contribution is -0.121. The van der Waals surface area contributed by atoms with Crippen molar-refractivity contribution in [3.63, 3.8) is 0 Å². The van der Waals surface area contributed by atoms with Crippen LogP contribution in [0.15, 0.2) is 79.4 Å². The molecule has 0 radical (unpaired) electrons. The van der Waals surface area contributed by atoms with Crippen LogP contribution in [0.4, 0.5) is 0 Å². The van der Waals surface area contributed by atoms with E-state index in [0.717, 1.165) is 52.3 Å². The number of imidazole rings is 1. The van der Waals surface area contributed by atoms with E-state index in [2.05, 4.69) is 22.5 Å². The smallest absolute Gasteiger partial charge is 0.224 e. The van der Waals surface area contributed by atoms with Crippen molar-refractivity contribution in [2.24, 2.45) is 0 Å². The van der Waals surface area contributed by atoms with E-state index in [4.69, 9.17) is 19.2 Å². The fraction of sp³-hybridized carbons (Fsp3) is 0.290. The highest BCUT2D eigenvalue weighted by Gasteiger charge is 2.18. The monoisotopic (exact) mass is 513 g/mol. The Morgan fingerprint density at radius 1 is 1.03 bits per heavy atom. The first-order valence-corrected chi connectivity index (χ1v) is 12.8. The maximum Gasteiger partial charge on any atom is 0.224 e. The number of rotatable bonds is 13. The maximum atomic E-state index is 12.8. The van der Waals surface area contributed by atoms with E-state index in [-0.39, 0.29) is 18.4 Å². The van der Waals surface area contributed by atoms with Gasteiger partial charge in [0.1, 0.15) is 11.6 Å². The van der Waals surface area contributed by atoms with Crippen LogP contribution in [0.5, 0.6) is 17.2 Å². The lowest BCUT2D eigenvalue weighted by Gasteiger charge is -2.17. The van der Waals surface area contributed by atoms with Gasteiger partial charge in [-0.2, -0.15) is 0 Å². The minimum Gasteiger partial charge on any atom is -0.497 e. The van der Waals surface area contributed by atoms with E-state index >= 15 is 0 Å². The van der Waals surface area contributed by atoms with E-state index in [1.807, 2.05) is 73.7 Å². The Morgan fingerprint density at radius 3 is 2.53 bits per heavy atom. The van der Waals surface area contributed by atoms with Crippen molar-refractivity contribution in [1.82, 2.24) is 14.9 Å². The number of nitrogens with one attached hydrogen (secondary N) is 1.